The minimum atomic E-state index is -0.833. The first kappa shape index (κ1) is 18.2. The van der Waals surface area contributed by atoms with Crippen molar-refractivity contribution in [3.8, 4) is 11.4 Å². The van der Waals surface area contributed by atoms with E-state index in [0.29, 0.717) is 18.9 Å². The average molecular weight is 379 g/mol. The van der Waals surface area contributed by atoms with Gasteiger partial charge in [-0.3, -0.25) is 4.79 Å². The maximum Gasteiger partial charge on any atom is 0.256 e. The third-order valence-corrected chi connectivity index (χ3v) is 5.00. The summed E-state index contributed by atoms with van der Waals surface area (Å²) in [6.07, 6.45) is 3.41. The summed E-state index contributed by atoms with van der Waals surface area (Å²) >= 11 is 0. The van der Waals surface area contributed by atoms with E-state index in [1.165, 1.54) is 6.07 Å². The number of hydrogen-bond acceptors (Lipinski definition) is 3. The lowest BCUT2D eigenvalue weighted by molar-refractivity contribution is 0.0701. The molecule has 1 amide bonds. The Morgan fingerprint density at radius 1 is 1.07 bits per heavy atom. The van der Waals surface area contributed by atoms with Crippen molar-refractivity contribution in [2.75, 3.05) is 13.1 Å². The number of halogens is 2. The number of carbonyl (C=O) groups excluding carboxylic acids is 1. The van der Waals surface area contributed by atoms with Gasteiger partial charge in [0.15, 0.2) is 5.82 Å². The standard InChI is InChI=1S/C22H19F2N3O/c23-17-8-9-18(19(24)13-17)22(28)27-12-4-7-16(14-27)20-10-11-25-21(26-20)15-5-2-1-3-6-15/h1-3,5-6,8-11,13,16H,4,7,12,14H2. The molecule has 142 valence electrons. The molecular weight excluding hydrogens is 360 g/mol. The second kappa shape index (κ2) is 7.84. The molecule has 0 spiro atoms. The monoisotopic (exact) mass is 379 g/mol. The molecule has 0 N–H and O–H groups in total. The molecule has 0 aliphatic carbocycles. The summed E-state index contributed by atoms with van der Waals surface area (Å²) in [5.74, 6) is -1.25. The highest BCUT2D eigenvalue weighted by Crippen LogP contribution is 2.28. The van der Waals surface area contributed by atoms with Crippen LogP contribution in [0.3, 0.4) is 0 Å². The van der Waals surface area contributed by atoms with Gasteiger partial charge in [-0.05, 0) is 31.0 Å². The molecule has 28 heavy (non-hydrogen) atoms. The number of aromatic nitrogens is 2. The second-order valence-electron chi connectivity index (χ2n) is 6.89. The van der Waals surface area contributed by atoms with Gasteiger partial charge in [-0.15, -0.1) is 0 Å². The van der Waals surface area contributed by atoms with E-state index in [0.717, 1.165) is 36.2 Å². The fourth-order valence-electron chi connectivity index (χ4n) is 3.56. The smallest absolute Gasteiger partial charge is 0.256 e. The lowest BCUT2D eigenvalue weighted by Crippen LogP contribution is -2.39. The predicted octanol–water partition coefficient (Wildman–Crippen LogP) is 4.44. The Bertz CT molecular complexity index is 994. The van der Waals surface area contributed by atoms with E-state index < -0.39 is 17.5 Å². The average Bonchev–Trinajstić information content (AvgIpc) is 2.74. The number of piperidine rings is 1. The molecular formula is C22H19F2N3O. The van der Waals surface area contributed by atoms with E-state index in [1.807, 2.05) is 36.4 Å². The molecule has 1 unspecified atom stereocenters. The zero-order valence-electron chi connectivity index (χ0n) is 15.2. The number of carbonyl (C=O) groups is 1. The first-order valence-electron chi connectivity index (χ1n) is 9.24. The summed E-state index contributed by atoms with van der Waals surface area (Å²) in [6, 6.07) is 14.6. The largest absolute Gasteiger partial charge is 0.338 e. The molecule has 1 saturated heterocycles. The van der Waals surface area contributed by atoms with Gasteiger partial charge < -0.3 is 4.90 Å². The van der Waals surface area contributed by atoms with Gasteiger partial charge in [0.1, 0.15) is 11.6 Å². The van der Waals surface area contributed by atoms with Crippen LogP contribution in [0.5, 0.6) is 0 Å². The zero-order chi connectivity index (χ0) is 19.5. The Labute approximate surface area is 161 Å². The SMILES string of the molecule is O=C(c1ccc(F)cc1F)N1CCCC(c2ccnc(-c3ccccc3)n2)C1. The first-order chi connectivity index (χ1) is 13.6. The zero-order valence-corrected chi connectivity index (χ0v) is 15.2. The number of amides is 1. The van der Waals surface area contributed by atoms with Crippen LogP contribution < -0.4 is 0 Å². The lowest BCUT2D eigenvalue weighted by Gasteiger charge is -2.32. The molecule has 4 rings (SSSR count). The highest BCUT2D eigenvalue weighted by Gasteiger charge is 2.28. The number of rotatable bonds is 3. The normalized spacial score (nSPS) is 16.8. The van der Waals surface area contributed by atoms with Gasteiger partial charge in [0, 0.05) is 42.5 Å². The third-order valence-electron chi connectivity index (χ3n) is 5.00. The van der Waals surface area contributed by atoms with Gasteiger partial charge >= 0.3 is 0 Å². The third kappa shape index (κ3) is 3.76. The van der Waals surface area contributed by atoms with E-state index in [9.17, 15) is 13.6 Å². The number of nitrogens with zero attached hydrogens (tertiary/aromatic N) is 3. The molecule has 1 aliphatic rings. The van der Waals surface area contributed by atoms with Gasteiger partial charge in [0.2, 0.25) is 0 Å². The molecule has 1 fully saturated rings. The fourth-order valence-corrected chi connectivity index (χ4v) is 3.56. The van der Waals surface area contributed by atoms with Gasteiger partial charge in [0.05, 0.1) is 5.56 Å². The Morgan fingerprint density at radius 2 is 1.89 bits per heavy atom. The first-order valence-corrected chi connectivity index (χ1v) is 9.24. The minimum Gasteiger partial charge on any atom is -0.338 e. The van der Waals surface area contributed by atoms with E-state index >= 15 is 0 Å². The van der Waals surface area contributed by atoms with Gasteiger partial charge in [-0.1, -0.05) is 30.3 Å². The van der Waals surface area contributed by atoms with E-state index in [2.05, 4.69) is 9.97 Å². The predicted molar refractivity (Wildman–Crippen MR) is 102 cm³/mol. The van der Waals surface area contributed by atoms with Crippen LogP contribution in [0.4, 0.5) is 8.78 Å². The molecule has 1 aliphatic heterocycles. The van der Waals surface area contributed by atoms with E-state index in [4.69, 9.17) is 0 Å². The van der Waals surface area contributed by atoms with E-state index in [-0.39, 0.29) is 11.5 Å². The highest BCUT2D eigenvalue weighted by molar-refractivity contribution is 5.94. The Balaban J connectivity index is 1.55. The molecule has 6 heteroatoms. The molecule has 3 aromatic rings. The maximum absolute atomic E-state index is 14.0. The van der Waals surface area contributed by atoms with Crippen molar-refractivity contribution in [3.63, 3.8) is 0 Å². The van der Waals surface area contributed by atoms with Crippen molar-refractivity contribution in [3.05, 3.63) is 83.7 Å². The molecule has 0 radical (unpaired) electrons. The summed E-state index contributed by atoms with van der Waals surface area (Å²) in [4.78, 5) is 23.4. The van der Waals surface area contributed by atoms with Crippen LogP contribution in [0.2, 0.25) is 0 Å². The summed E-state index contributed by atoms with van der Waals surface area (Å²) in [7, 11) is 0. The Hall–Kier alpha value is -3.15. The molecule has 1 atom stereocenters. The number of benzene rings is 2. The minimum absolute atomic E-state index is 0.0478. The Kier molecular flexibility index (Phi) is 5.10. The van der Waals surface area contributed by atoms with Crippen LogP contribution >= 0.6 is 0 Å². The fraction of sp³-hybridized carbons (Fsp3) is 0.227. The van der Waals surface area contributed by atoms with Crippen molar-refractivity contribution >= 4 is 5.91 Å². The molecule has 1 aromatic heterocycles. The quantitative estimate of drug-likeness (QED) is 0.676. The summed E-state index contributed by atoms with van der Waals surface area (Å²) in [5.41, 5.74) is 1.70. The molecule has 4 nitrogen and oxygen atoms in total. The van der Waals surface area contributed by atoms with Crippen LogP contribution in [0.15, 0.2) is 60.8 Å². The topological polar surface area (TPSA) is 46.1 Å². The molecule has 0 saturated carbocycles. The number of likely N-dealkylation sites (tertiary alicyclic amines) is 1. The van der Waals surface area contributed by atoms with Crippen molar-refractivity contribution < 1.29 is 13.6 Å². The van der Waals surface area contributed by atoms with Crippen LogP contribution in [-0.2, 0) is 0 Å². The number of hydrogen-bond donors (Lipinski definition) is 0. The van der Waals surface area contributed by atoms with Crippen molar-refractivity contribution in [2.24, 2.45) is 0 Å². The summed E-state index contributed by atoms with van der Waals surface area (Å²) in [6.45, 7) is 0.990. The summed E-state index contributed by atoms with van der Waals surface area (Å²) in [5, 5.41) is 0. The second-order valence-corrected chi connectivity index (χ2v) is 6.89. The Morgan fingerprint density at radius 3 is 2.68 bits per heavy atom. The van der Waals surface area contributed by atoms with Gasteiger partial charge in [0.25, 0.3) is 5.91 Å². The van der Waals surface area contributed by atoms with Crippen LogP contribution in [0.1, 0.15) is 34.8 Å². The van der Waals surface area contributed by atoms with Crippen molar-refractivity contribution in [2.45, 2.75) is 18.8 Å². The van der Waals surface area contributed by atoms with Crippen LogP contribution in [0.25, 0.3) is 11.4 Å². The molecule has 0 bridgehead atoms. The van der Waals surface area contributed by atoms with Gasteiger partial charge in [-0.25, -0.2) is 18.7 Å². The summed E-state index contributed by atoms with van der Waals surface area (Å²) < 4.78 is 27.1. The van der Waals surface area contributed by atoms with Gasteiger partial charge in [-0.2, -0.15) is 0 Å². The lowest BCUT2D eigenvalue weighted by atomic mass is 9.94. The van der Waals surface area contributed by atoms with Crippen molar-refractivity contribution in [1.82, 2.24) is 14.9 Å². The van der Waals surface area contributed by atoms with Crippen LogP contribution in [0, 0.1) is 11.6 Å². The maximum atomic E-state index is 14.0. The molecule has 2 aromatic carbocycles. The highest BCUT2D eigenvalue weighted by atomic mass is 19.1. The van der Waals surface area contributed by atoms with E-state index in [1.54, 1.807) is 11.1 Å². The van der Waals surface area contributed by atoms with Crippen molar-refractivity contribution in [1.29, 1.82) is 0 Å². The molecule has 2 heterocycles. The van der Waals surface area contributed by atoms with Crippen LogP contribution in [-0.4, -0.2) is 33.9 Å².